The third-order valence-electron chi connectivity index (χ3n) is 4.96. The first-order valence-electron chi connectivity index (χ1n) is 9.87. The molecule has 1 aromatic heterocycles. The minimum atomic E-state index is -0.634. The van der Waals surface area contributed by atoms with E-state index in [-0.39, 0.29) is 12.5 Å². The van der Waals surface area contributed by atoms with E-state index < -0.39 is 11.7 Å². The highest BCUT2D eigenvalue weighted by Crippen LogP contribution is 2.22. The number of benzene rings is 1. The van der Waals surface area contributed by atoms with Gasteiger partial charge in [-0.15, -0.1) is 0 Å². The van der Waals surface area contributed by atoms with Gasteiger partial charge in [0.15, 0.2) is 0 Å². The zero-order chi connectivity index (χ0) is 19.9. The lowest BCUT2D eigenvalue weighted by molar-refractivity contribution is -0.130. The number of likely N-dealkylation sites (tertiary alicyclic amines) is 1. The number of rotatable bonds is 9. The number of aromatic nitrogens is 1. The van der Waals surface area contributed by atoms with Gasteiger partial charge in [0.1, 0.15) is 6.54 Å². The van der Waals surface area contributed by atoms with Gasteiger partial charge < -0.3 is 19.5 Å². The number of ketones is 1. The molecule has 2 amide bonds. The van der Waals surface area contributed by atoms with Gasteiger partial charge in [-0.25, -0.2) is 0 Å². The Morgan fingerprint density at radius 1 is 1.14 bits per heavy atom. The molecule has 0 radical (unpaired) electrons. The molecule has 0 aliphatic carbocycles. The van der Waals surface area contributed by atoms with Crippen molar-refractivity contribution >= 4 is 28.5 Å². The number of fused-ring (bicyclic) bond motifs is 1. The molecule has 1 N–H and O–H groups in total. The van der Waals surface area contributed by atoms with Crippen molar-refractivity contribution in [3.05, 3.63) is 36.0 Å². The summed E-state index contributed by atoms with van der Waals surface area (Å²) in [5.74, 6) is -1.18. The number of carbonyl (C=O) groups is 3. The Hall–Kier alpha value is -2.67. The second-order valence-electron chi connectivity index (χ2n) is 6.91. The summed E-state index contributed by atoms with van der Waals surface area (Å²) in [4.78, 5) is 39.3. The molecule has 0 bridgehead atoms. The Morgan fingerprint density at radius 2 is 1.89 bits per heavy atom. The molecule has 2 aromatic rings. The minimum absolute atomic E-state index is 0.0395. The van der Waals surface area contributed by atoms with Crippen LogP contribution in [0, 0.1) is 0 Å². The van der Waals surface area contributed by atoms with Crippen LogP contribution in [0.1, 0.15) is 36.5 Å². The molecule has 1 saturated heterocycles. The molecule has 1 aromatic carbocycles. The van der Waals surface area contributed by atoms with E-state index in [1.54, 1.807) is 10.8 Å². The minimum Gasteiger partial charge on any atom is -0.382 e. The molecule has 1 fully saturated rings. The van der Waals surface area contributed by atoms with E-state index in [0.29, 0.717) is 37.1 Å². The average molecular weight is 385 g/mol. The maximum atomic E-state index is 12.7. The van der Waals surface area contributed by atoms with Crippen LogP contribution in [-0.4, -0.2) is 59.9 Å². The Balaban J connectivity index is 1.73. The van der Waals surface area contributed by atoms with E-state index >= 15 is 0 Å². The van der Waals surface area contributed by atoms with Crippen LogP contribution in [-0.2, 0) is 20.9 Å². The summed E-state index contributed by atoms with van der Waals surface area (Å²) in [5, 5.41) is 3.33. The Kier molecular flexibility index (Phi) is 6.81. The van der Waals surface area contributed by atoms with Crippen LogP contribution >= 0.6 is 0 Å². The van der Waals surface area contributed by atoms with Crippen molar-refractivity contribution in [3.63, 3.8) is 0 Å². The van der Waals surface area contributed by atoms with Crippen molar-refractivity contribution in [1.29, 1.82) is 0 Å². The highest BCUT2D eigenvalue weighted by Gasteiger charge is 2.23. The molecule has 0 saturated carbocycles. The van der Waals surface area contributed by atoms with Gasteiger partial charge in [0.05, 0.1) is 5.56 Å². The number of carbonyl (C=O) groups excluding carboxylic acids is 3. The smallest absolute Gasteiger partial charge is 0.292 e. The SMILES string of the molecule is CCOCCCNC(=O)C(=O)c1cn(CC(=O)N2CCCC2)c2ccccc12. The maximum Gasteiger partial charge on any atom is 0.292 e. The van der Waals surface area contributed by atoms with Crippen LogP contribution in [0.3, 0.4) is 0 Å². The average Bonchev–Trinajstić information content (AvgIpc) is 3.36. The van der Waals surface area contributed by atoms with Crippen molar-refractivity contribution in [2.24, 2.45) is 0 Å². The van der Waals surface area contributed by atoms with Crippen LogP contribution in [0.5, 0.6) is 0 Å². The summed E-state index contributed by atoms with van der Waals surface area (Å²) in [5.41, 5.74) is 1.11. The molecule has 3 rings (SSSR count). The Morgan fingerprint density at radius 3 is 2.64 bits per heavy atom. The predicted molar refractivity (Wildman–Crippen MR) is 106 cm³/mol. The molecule has 0 spiro atoms. The van der Waals surface area contributed by atoms with Gasteiger partial charge in [-0.2, -0.15) is 0 Å². The summed E-state index contributed by atoms with van der Waals surface area (Å²) < 4.78 is 6.99. The number of hydrogen-bond acceptors (Lipinski definition) is 4. The van der Waals surface area contributed by atoms with Gasteiger partial charge in [0.2, 0.25) is 5.91 Å². The van der Waals surface area contributed by atoms with E-state index in [1.165, 1.54) is 0 Å². The van der Waals surface area contributed by atoms with Crippen LogP contribution < -0.4 is 5.32 Å². The number of Topliss-reactive ketones (excluding diaryl/α,β-unsaturated/α-hetero) is 1. The molecular weight excluding hydrogens is 358 g/mol. The zero-order valence-electron chi connectivity index (χ0n) is 16.3. The largest absolute Gasteiger partial charge is 0.382 e. The molecule has 7 heteroatoms. The molecule has 0 atom stereocenters. The van der Waals surface area contributed by atoms with E-state index in [9.17, 15) is 14.4 Å². The number of ether oxygens (including phenoxy) is 1. The maximum absolute atomic E-state index is 12.7. The number of hydrogen-bond donors (Lipinski definition) is 1. The molecule has 150 valence electrons. The van der Waals surface area contributed by atoms with Crippen molar-refractivity contribution in [1.82, 2.24) is 14.8 Å². The zero-order valence-corrected chi connectivity index (χ0v) is 16.3. The highest BCUT2D eigenvalue weighted by molar-refractivity contribution is 6.45. The fraction of sp³-hybridized carbons (Fsp3) is 0.476. The lowest BCUT2D eigenvalue weighted by atomic mass is 10.1. The standard InChI is InChI=1S/C21H27N3O4/c1-2-28-13-7-10-22-21(27)20(26)17-14-24(18-9-4-3-8-16(17)18)15-19(25)23-11-5-6-12-23/h3-4,8-9,14H,2,5-7,10-13,15H2,1H3,(H,22,27). The number of nitrogens with zero attached hydrogens (tertiary/aromatic N) is 2. The Bertz CT molecular complexity index is 852. The molecule has 1 aliphatic rings. The summed E-state index contributed by atoms with van der Waals surface area (Å²) in [6.07, 6.45) is 4.34. The predicted octanol–water partition coefficient (Wildman–Crippen LogP) is 1.99. The number of amides is 2. The van der Waals surface area contributed by atoms with Crippen LogP contribution in [0.4, 0.5) is 0 Å². The first kappa shape index (κ1) is 20.1. The van der Waals surface area contributed by atoms with Gasteiger partial charge in [-0.3, -0.25) is 14.4 Å². The number of nitrogens with one attached hydrogen (secondary N) is 1. The monoisotopic (exact) mass is 385 g/mol. The molecule has 2 heterocycles. The van der Waals surface area contributed by atoms with Gasteiger partial charge >= 0.3 is 0 Å². The van der Waals surface area contributed by atoms with E-state index in [2.05, 4.69) is 5.32 Å². The third-order valence-corrected chi connectivity index (χ3v) is 4.96. The van der Waals surface area contributed by atoms with Crippen LogP contribution in [0.25, 0.3) is 10.9 Å². The summed E-state index contributed by atoms with van der Waals surface area (Å²) >= 11 is 0. The van der Waals surface area contributed by atoms with E-state index in [1.807, 2.05) is 36.1 Å². The van der Waals surface area contributed by atoms with Crippen LogP contribution in [0.2, 0.25) is 0 Å². The van der Waals surface area contributed by atoms with Gasteiger partial charge in [-0.1, -0.05) is 18.2 Å². The van der Waals surface area contributed by atoms with Crippen molar-refractivity contribution in [2.45, 2.75) is 32.7 Å². The normalized spacial score (nSPS) is 13.8. The van der Waals surface area contributed by atoms with Gasteiger partial charge in [0, 0.05) is 49.9 Å². The fourth-order valence-corrected chi connectivity index (χ4v) is 3.49. The van der Waals surface area contributed by atoms with Crippen LogP contribution in [0.15, 0.2) is 30.5 Å². The molecular formula is C21H27N3O4. The molecule has 7 nitrogen and oxygen atoms in total. The summed E-state index contributed by atoms with van der Waals surface area (Å²) in [6.45, 7) is 5.21. The van der Waals surface area contributed by atoms with E-state index in [4.69, 9.17) is 4.74 Å². The lowest BCUT2D eigenvalue weighted by Gasteiger charge is -2.15. The first-order valence-corrected chi connectivity index (χ1v) is 9.87. The topological polar surface area (TPSA) is 80.6 Å². The second-order valence-corrected chi connectivity index (χ2v) is 6.91. The van der Waals surface area contributed by atoms with Crippen molar-refractivity contribution in [3.8, 4) is 0 Å². The summed E-state index contributed by atoms with van der Waals surface area (Å²) in [7, 11) is 0. The van der Waals surface area contributed by atoms with Crippen molar-refractivity contribution < 1.29 is 19.1 Å². The quantitative estimate of drug-likeness (QED) is 0.407. The lowest BCUT2D eigenvalue weighted by Crippen LogP contribution is -2.32. The highest BCUT2D eigenvalue weighted by atomic mass is 16.5. The first-order chi connectivity index (χ1) is 13.6. The molecule has 0 unspecified atom stereocenters. The Labute approximate surface area is 164 Å². The third kappa shape index (κ3) is 4.59. The molecule has 1 aliphatic heterocycles. The van der Waals surface area contributed by atoms with E-state index in [0.717, 1.165) is 31.4 Å². The van der Waals surface area contributed by atoms with Gasteiger partial charge in [-0.05, 0) is 32.3 Å². The second kappa shape index (κ2) is 9.50. The van der Waals surface area contributed by atoms with Crippen molar-refractivity contribution in [2.75, 3.05) is 32.8 Å². The summed E-state index contributed by atoms with van der Waals surface area (Å²) in [6, 6.07) is 7.36. The van der Waals surface area contributed by atoms with Gasteiger partial charge in [0.25, 0.3) is 11.7 Å². The molecule has 28 heavy (non-hydrogen) atoms. The fourth-order valence-electron chi connectivity index (χ4n) is 3.49. The number of para-hydroxylation sites is 1.